The van der Waals surface area contributed by atoms with E-state index in [0.717, 1.165) is 11.5 Å². The molecule has 0 aromatic heterocycles. The zero-order valence-electron chi connectivity index (χ0n) is 7.05. The Hall–Kier alpha value is -0.250. The van der Waals surface area contributed by atoms with Crippen molar-refractivity contribution in [1.29, 1.82) is 0 Å². The van der Waals surface area contributed by atoms with Gasteiger partial charge in [-0.3, -0.25) is 4.79 Å². The molecule has 1 fully saturated rings. The van der Waals surface area contributed by atoms with E-state index in [-0.39, 0.29) is 0 Å². The van der Waals surface area contributed by atoms with Crippen molar-refractivity contribution >= 4 is 17.7 Å². The molecule has 0 saturated carbocycles. The number of carbonyl (C=O) groups is 1. The highest BCUT2D eigenvalue weighted by Gasteiger charge is 2.41. The molecule has 1 saturated heterocycles. The maximum absolute atomic E-state index is 13.8. The number of alkyl halides is 1. The predicted octanol–water partition coefficient (Wildman–Crippen LogP) is 1.94. The molecule has 1 aliphatic rings. The summed E-state index contributed by atoms with van der Waals surface area (Å²) >= 11 is 1.69. The van der Waals surface area contributed by atoms with Crippen molar-refractivity contribution in [2.24, 2.45) is 5.92 Å². The minimum absolute atomic E-state index is 0.380. The van der Waals surface area contributed by atoms with Crippen LogP contribution in [-0.4, -0.2) is 28.3 Å². The smallest absolute Gasteiger partial charge is 0.309 e. The lowest BCUT2D eigenvalue weighted by molar-refractivity contribution is -0.147. The molecular formula is C8H13FO2S. The van der Waals surface area contributed by atoms with Crippen molar-refractivity contribution in [2.45, 2.75) is 25.4 Å². The molecule has 0 aromatic carbocycles. The molecule has 0 aromatic rings. The highest BCUT2D eigenvalue weighted by Crippen LogP contribution is 2.36. The van der Waals surface area contributed by atoms with Crippen molar-refractivity contribution in [2.75, 3.05) is 11.5 Å². The maximum Gasteiger partial charge on any atom is 0.309 e. The largest absolute Gasteiger partial charge is 0.481 e. The summed E-state index contributed by atoms with van der Waals surface area (Å²) in [7, 11) is 0. The van der Waals surface area contributed by atoms with Crippen molar-refractivity contribution in [3.8, 4) is 0 Å². The van der Waals surface area contributed by atoms with Crippen LogP contribution in [0.2, 0.25) is 0 Å². The molecule has 0 amide bonds. The summed E-state index contributed by atoms with van der Waals surface area (Å²) in [6.07, 6.45) is 0.760. The number of carboxylic acids is 1. The average molecular weight is 192 g/mol. The van der Waals surface area contributed by atoms with Gasteiger partial charge in [0.05, 0.1) is 5.92 Å². The van der Waals surface area contributed by atoms with Crippen LogP contribution >= 0.6 is 11.8 Å². The zero-order chi connectivity index (χ0) is 9.19. The number of hydrogen-bond donors (Lipinski definition) is 1. The normalized spacial score (nSPS) is 24.8. The third kappa shape index (κ3) is 1.91. The number of rotatable bonds is 2. The summed E-state index contributed by atoms with van der Waals surface area (Å²) in [5.41, 5.74) is -1.46. The number of hydrogen-bond acceptors (Lipinski definition) is 2. The molecule has 1 heterocycles. The van der Waals surface area contributed by atoms with Crippen LogP contribution in [0.4, 0.5) is 4.39 Å². The topological polar surface area (TPSA) is 37.3 Å². The third-order valence-corrected chi connectivity index (χ3v) is 3.46. The Labute approximate surface area is 75.5 Å². The SMILES string of the molecule is CC(C(=O)O)C1(F)CCSCC1. The van der Waals surface area contributed by atoms with E-state index in [2.05, 4.69) is 0 Å². The summed E-state index contributed by atoms with van der Waals surface area (Å²) in [5.74, 6) is -0.398. The Morgan fingerprint density at radius 2 is 2.08 bits per heavy atom. The van der Waals surface area contributed by atoms with Gasteiger partial charge in [0.15, 0.2) is 0 Å². The lowest BCUT2D eigenvalue weighted by Crippen LogP contribution is -2.39. The molecule has 1 N–H and O–H groups in total. The minimum atomic E-state index is -1.46. The van der Waals surface area contributed by atoms with Crippen molar-refractivity contribution in [3.63, 3.8) is 0 Å². The minimum Gasteiger partial charge on any atom is -0.481 e. The molecule has 0 bridgehead atoms. The molecule has 1 rings (SSSR count). The lowest BCUT2D eigenvalue weighted by atomic mass is 9.85. The molecule has 4 heteroatoms. The Balaban J connectivity index is 2.62. The van der Waals surface area contributed by atoms with Gasteiger partial charge in [0.25, 0.3) is 0 Å². The second-order valence-corrected chi connectivity index (χ2v) is 4.43. The molecule has 0 spiro atoms. The fourth-order valence-electron chi connectivity index (χ4n) is 1.37. The van der Waals surface area contributed by atoms with Gasteiger partial charge in [-0.1, -0.05) is 0 Å². The third-order valence-electron chi connectivity index (χ3n) is 2.47. The van der Waals surface area contributed by atoms with E-state index in [4.69, 9.17) is 5.11 Å². The highest BCUT2D eigenvalue weighted by molar-refractivity contribution is 7.99. The first-order valence-corrected chi connectivity index (χ1v) is 5.21. The predicted molar refractivity (Wildman–Crippen MR) is 47.2 cm³/mol. The Kier molecular flexibility index (Phi) is 2.99. The molecule has 2 nitrogen and oxygen atoms in total. The molecule has 1 aliphatic heterocycles. The van der Waals surface area contributed by atoms with Crippen molar-refractivity contribution in [1.82, 2.24) is 0 Å². The Morgan fingerprint density at radius 3 is 2.50 bits per heavy atom. The highest BCUT2D eigenvalue weighted by atomic mass is 32.2. The number of carboxylic acid groups (broad SMARTS) is 1. The van der Waals surface area contributed by atoms with Crippen LogP contribution in [-0.2, 0) is 4.79 Å². The van der Waals surface area contributed by atoms with Crippen LogP contribution in [0.15, 0.2) is 0 Å². The Bertz CT molecular complexity index is 178. The second-order valence-electron chi connectivity index (χ2n) is 3.21. The van der Waals surface area contributed by atoms with E-state index in [0.29, 0.717) is 12.8 Å². The first kappa shape index (κ1) is 9.84. The van der Waals surface area contributed by atoms with Crippen LogP contribution in [0.1, 0.15) is 19.8 Å². The maximum atomic E-state index is 13.8. The molecule has 70 valence electrons. The van der Waals surface area contributed by atoms with E-state index in [9.17, 15) is 9.18 Å². The quantitative estimate of drug-likeness (QED) is 0.726. The summed E-state index contributed by atoms with van der Waals surface area (Å²) in [4.78, 5) is 10.6. The van der Waals surface area contributed by atoms with Gasteiger partial charge in [0, 0.05) is 0 Å². The molecular weight excluding hydrogens is 179 g/mol. The van der Waals surface area contributed by atoms with Crippen LogP contribution in [0, 0.1) is 5.92 Å². The fraction of sp³-hybridized carbons (Fsp3) is 0.875. The van der Waals surface area contributed by atoms with Crippen molar-refractivity contribution < 1.29 is 14.3 Å². The first-order valence-electron chi connectivity index (χ1n) is 4.06. The average Bonchev–Trinajstić information content (AvgIpc) is 2.04. The first-order chi connectivity index (χ1) is 5.56. The summed E-state index contributed by atoms with van der Waals surface area (Å²) in [5, 5.41) is 8.65. The fourth-order valence-corrected chi connectivity index (χ4v) is 2.54. The van der Waals surface area contributed by atoms with E-state index in [1.165, 1.54) is 6.92 Å². The van der Waals surface area contributed by atoms with E-state index in [1.54, 1.807) is 11.8 Å². The second kappa shape index (κ2) is 3.64. The van der Waals surface area contributed by atoms with E-state index in [1.807, 2.05) is 0 Å². The summed E-state index contributed by atoms with van der Waals surface area (Å²) < 4.78 is 13.8. The van der Waals surface area contributed by atoms with E-state index >= 15 is 0 Å². The monoisotopic (exact) mass is 192 g/mol. The molecule has 0 radical (unpaired) electrons. The number of halogens is 1. The van der Waals surface area contributed by atoms with Gasteiger partial charge in [0.2, 0.25) is 0 Å². The van der Waals surface area contributed by atoms with Gasteiger partial charge < -0.3 is 5.11 Å². The molecule has 1 unspecified atom stereocenters. The zero-order valence-corrected chi connectivity index (χ0v) is 7.86. The summed E-state index contributed by atoms with van der Waals surface area (Å²) in [6, 6.07) is 0. The van der Waals surface area contributed by atoms with Gasteiger partial charge in [-0.25, -0.2) is 4.39 Å². The summed E-state index contributed by atoms with van der Waals surface area (Å²) in [6.45, 7) is 1.46. The van der Waals surface area contributed by atoms with Crippen LogP contribution in [0.3, 0.4) is 0 Å². The number of thioether (sulfide) groups is 1. The van der Waals surface area contributed by atoms with Gasteiger partial charge in [-0.2, -0.15) is 11.8 Å². The molecule has 12 heavy (non-hydrogen) atoms. The lowest BCUT2D eigenvalue weighted by Gasteiger charge is -2.32. The van der Waals surface area contributed by atoms with Gasteiger partial charge in [-0.05, 0) is 31.3 Å². The van der Waals surface area contributed by atoms with Gasteiger partial charge in [0.1, 0.15) is 5.67 Å². The van der Waals surface area contributed by atoms with E-state index < -0.39 is 17.6 Å². The van der Waals surface area contributed by atoms with Crippen LogP contribution in [0.5, 0.6) is 0 Å². The number of aliphatic carboxylic acids is 1. The molecule has 1 atom stereocenters. The van der Waals surface area contributed by atoms with Crippen LogP contribution in [0.25, 0.3) is 0 Å². The van der Waals surface area contributed by atoms with Gasteiger partial charge >= 0.3 is 5.97 Å². The van der Waals surface area contributed by atoms with Crippen LogP contribution < -0.4 is 0 Å². The Morgan fingerprint density at radius 1 is 1.58 bits per heavy atom. The van der Waals surface area contributed by atoms with Crippen molar-refractivity contribution in [3.05, 3.63) is 0 Å². The molecule has 0 aliphatic carbocycles. The van der Waals surface area contributed by atoms with Gasteiger partial charge in [-0.15, -0.1) is 0 Å². The standard InChI is InChI=1S/C8H13FO2S/c1-6(7(10)11)8(9)2-4-12-5-3-8/h6H,2-5H2,1H3,(H,10,11).